The van der Waals surface area contributed by atoms with Gasteiger partial charge in [-0.25, -0.2) is 4.79 Å². The van der Waals surface area contributed by atoms with Crippen LogP contribution < -0.4 is 10.6 Å². The smallest absolute Gasteiger partial charge is 0.315 e. The first-order valence-corrected chi connectivity index (χ1v) is 5.58. The molecule has 4 nitrogen and oxygen atoms in total. The van der Waals surface area contributed by atoms with Crippen LogP contribution in [0.25, 0.3) is 0 Å². The van der Waals surface area contributed by atoms with Gasteiger partial charge in [-0.3, -0.25) is 0 Å². The van der Waals surface area contributed by atoms with Gasteiger partial charge in [-0.1, -0.05) is 35.9 Å². The van der Waals surface area contributed by atoms with Gasteiger partial charge in [0.25, 0.3) is 0 Å². The van der Waals surface area contributed by atoms with Crippen molar-refractivity contribution in [3.63, 3.8) is 0 Å². The lowest BCUT2D eigenvalue weighted by molar-refractivity contribution is 0.173. The number of amides is 2. The minimum Gasteiger partial charge on any atom is -0.387 e. The largest absolute Gasteiger partial charge is 0.387 e. The van der Waals surface area contributed by atoms with Crippen LogP contribution in [-0.4, -0.2) is 24.2 Å². The zero-order chi connectivity index (χ0) is 12.7. The summed E-state index contributed by atoms with van der Waals surface area (Å²) in [5.74, 6) is 0. The predicted molar refractivity (Wildman–Crippen MR) is 68.0 cm³/mol. The number of halogens is 1. The van der Waals surface area contributed by atoms with Crippen LogP contribution in [0.15, 0.2) is 36.9 Å². The molecule has 92 valence electrons. The number of hydrogen-bond donors (Lipinski definition) is 3. The summed E-state index contributed by atoms with van der Waals surface area (Å²) < 4.78 is 0. The number of rotatable bonds is 5. The molecule has 0 fully saturated rings. The van der Waals surface area contributed by atoms with Crippen LogP contribution in [0.2, 0.25) is 5.02 Å². The Morgan fingerprint density at radius 2 is 2.18 bits per heavy atom. The van der Waals surface area contributed by atoms with E-state index in [9.17, 15) is 9.90 Å². The Morgan fingerprint density at radius 3 is 2.82 bits per heavy atom. The van der Waals surface area contributed by atoms with E-state index in [2.05, 4.69) is 17.2 Å². The fourth-order valence-electron chi connectivity index (χ4n) is 1.27. The number of urea groups is 1. The van der Waals surface area contributed by atoms with Gasteiger partial charge in [-0.05, 0) is 6.07 Å². The van der Waals surface area contributed by atoms with Crippen LogP contribution in [0, 0.1) is 0 Å². The van der Waals surface area contributed by atoms with Crippen LogP contribution in [0.5, 0.6) is 0 Å². The molecule has 0 aliphatic heterocycles. The van der Waals surface area contributed by atoms with Gasteiger partial charge in [0.15, 0.2) is 0 Å². The average molecular weight is 255 g/mol. The van der Waals surface area contributed by atoms with Gasteiger partial charge in [-0.2, -0.15) is 0 Å². The lowest BCUT2D eigenvalue weighted by atomic mass is 10.1. The second-order valence-electron chi connectivity index (χ2n) is 3.42. The topological polar surface area (TPSA) is 61.4 Å². The first-order valence-electron chi connectivity index (χ1n) is 5.20. The maximum atomic E-state index is 11.2. The van der Waals surface area contributed by atoms with Crippen LogP contribution >= 0.6 is 11.6 Å². The van der Waals surface area contributed by atoms with Crippen molar-refractivity contribution in [3.8, 4) is 0 Å². The van der Waals surface area contributed by atoms with E-state index >= 15 is 0 Å². The zero-order valence-corrected chi connectivity index (χ0v) is 10.1. The maximum absolute atomic E-state index is 11.2. The van der Waals surface area contributed by atoms with Gasteiger partial charge in [-0.15, -0.1) is 6.58 Å². The third-order valence-electron chi connectivity index (χ3n) is 2.13. The summed E-state index contributed by atoms with van der Waals surface area (Å²) in [6, 6.07) is 6.62. The van der Waals surface area contributed by atoms with Gasteiger partial charge < -0.3 is 15.7 Å². The molecule has 0 aromatic heterocycles. The first kappa shape index (κ1) is 13.5. The molecule has 0 spiro atoms. The van der Waals surface area contributed by atoms with Gasteiger partial charge >= 0.3 is 6.03 Å². The highest BCUT2D eigenvalue weighted by atomic mass is 35.5. The van der Waals surface area contributed by atoms with Gasteiger partial charge in [0.05, 0.1) is 6.10 Å². The van der Waals surface area contributed by atoms with Gasteiger partial charge in [0.2, 0.25) is 0 Å². The lowest BCUT2D eigenvalue weighted by Gasteiger charge is -2.13. The van der Waals surface area contributed by atoms with Crippen molar-refractivity contribution in [2.75, 3.05) is 13.1 Å². The zero-order valence-electron chi connectivity index (χ0n) is 9.32. The Morgan fingerprint density at radius 1 is 1.47 bits per heavy atom. The molecule has 1 unspecified atom stereocenters. The van der Waals surface area contributed by atoms with Crippen molar-refractivity contribution >= 4 is 17.6 Å². The van der Waals surface area contributed by atoms with E-state index in [1.165, 1.54) is 0 Å². The quantitative estimate of drug-likeness (QED) is 0.703. The summed E-state index contributed by atoms with van der Waals surface area (Å²) in [5, 5.41) is 15.4. The standard InChI is InChI=1S/C12H15ClN2O2/c1-2-7-14-12(17)15-8-11(16)9-5-3-4-6-10(9)13/h2-6,11,16H,1,7-8H2,(H2,14,15,17). The lowest BCUT2D eigenvalue weighted by Crippen LogP contribution is -2.37. The SMILES string of the molecule is C=CCNC(=O)NCC(O)c1ccccc1Cl. The van der Waals surface area contributed by atoms with Crippen LogP contribution in [-0.2, 0) is 0 Å². The first-order chi connectivity index (χ1) is 8.15. The molecular formula is C12H15ClN2O2. The highest BCUT2D eigenvalue weighted by molar-refractivity contribution is 6.31. The molecule has 1 rings (SSSR count). The van der Waals surface area contributed by atoms with Crippen LogP contribution in [0.3, 0.4) is 0 Å². The van der Waals surface area contributed by atoms with E-state index in [4.69, 9.17) is 11.6 Å². The molecular weight excluding hydrogens is 240 g/mol. The van der Waals surface area contributed by atoms with E-state index in [1.807, 2.05) is 0 Å². The summed E-state index contributed by atoms with van der Waals surface area (Å²) >= 11 is 5.92. The average Bonchev–Trinajstić information content (AvgIpc) is 2.34. The molecule has 17 heavy (non-hydrogen) atoms. The molecule has 1 atom stereocenters. The highest BCUT2D eigenvalue weighted by Crippen LogP contribution is 2.21. The van der Waals surface area contributed by atoms with Crippen molar-refractivity contribution in [1.29, 1.82) is 0 Å². The Kier molecular flexibility index (Phi) is 5.52. The molecule has 0 heterocycles. The second kappa shape index (κ2) is 6.93. The molecule has 5 heteroatoms. The van der Waals surface area contributed by atoms with Crippen molar-refractivity contribution in [2.24, 2.45) is 0 Å². The minimum absolute atomic E-state index is 0.104. The van der Waals surface area contributed by atoms with E-state index in [0.717, 1.165) is 0 Å². The number of benzene rings is 1. The number of carbonyl (C=O) groups is 1. The summed E-state index contributed by atoms with van der Waals surface area (Å²) in [5.41, 5.74) is 0.596. The molecule has 0 bridgehead atoms. The molecule has 0 saturated carbocycles. The molecule has 1 aromatic rings. The summed E-state index contributed by atoms with van der Waals surface area (Å²) in [6.45, 7) is 3.96. The van der Waals surface area contributed by atoms with Crippen molar-refractivity contribution < 1.29 is 9.90 Å². The Bertz CT molecular complexity index is 396. The third kappa shape index (κ3) is 4.46. The summed E-state index contributed by atoms with van der Waals surface area (Å²) in [4.78, 5) is 11.2. The second-order valence-corrected chi connectivity index (χ2v) is 3.82. The Hall–Kier alpha value is -1.52. The molecule has 0 aliphatic rings. The predicted octanol–water partition coefficient (Wildman–Crippen LogP) is 1.86. The van der Waals surface area contributed by atoms with E-state index in [0.29, 0.717) is 17.1 Å². The molecule has 0 radical (unpaired) electrons. The normalized spacial score (nSPS) is 11.6. The van der Waals surface area contributed by atoms with E-state index in [1.54, 1.807) is 30.3 Å². The van der Waals surface area contributed by atoms with Crippen molar-refractivity contribution in [2.45, 2.75) is 6.10 Å². The Balaban J connectivity index is 2.45. The highest BCUT2D eigenvalue weighted by Gasteiger charge is 2.11. The molecule has 3 N–H and O–H groups in total. The molecule has 0 saturated heterocycles. The number of carbonyl (C=O) groups excluding carboxylic acids is 1. The van der Waals surface area contributed by atoms with Gasteiger partial charge in [0, 0.05) is 23.7 Å². The number of nitrogens with one attached hydrogen (secondary N) is 2. The molecule has 2 amide bonds. The van der Waals surface area contributed by atoms with E-state index < -0.39 is 6.10 Å². The molecule has 1 aromatic carbocycles. The van der Waals surface area contributed by atoms with Gasteiger partial charge in [0.1, 0.15) is 0 Å². The molecule has 0 aliphatic carbocycles. The van der Waals surface area contributed by atoms with Crippen molar-refractivity contribution in [3.05, 3.63) is 47.5 Å². The maximum Gasteiger partial charge on any atom is 0.315 e. The summed E-state index contributed by atoms with van der Waals surface area (Å²) in [6.07, 6.45) is 0.752. The fourth-order valence-corrected chi connectivity index (χ4v) is 1.53. The third-order valence-corrected chi connectivity index (χ3v) is 2.47. The monoisotopic (exact) mass is 254 g/mol. The van der Waals surface area contributed by atoms with Crippen LogP contribution in [0.1, 0.15) is 11.7 Å². The fraction of sp³-hybridized carbons (Fsp3) is 0.250. The number of aliphatic hydroxyl groups excluding tert-OH is 1. The Labute approximate surface area is 105 Å². The van der Waals surface area contributed by atoms with Crippen LogP contribution in [0.4, 0.5) is 4.79 Å². The van der Waals surface area contributed by atoms with E-state index in [-0.39, 0.29) is 12.6 Å². The number of aliphatic hydroxyl groups is 1. The number of hydrogen-bond acceptors (Lipinski definition) is 2. The summed E-state index contributed by atoms with van der Waals surface area (Å²) in [7, 11) is 0. The minimum atomic E-state index is -0.821. The van der Waals surface area contributed by atoms with Crippen molar-refractivity contribution in [1.82, 2.24) is 10.6 Å².